The summed E-state index contributed by atoms with van der Waals surface area (Å²) in [6.07, 6.45) is 7.52. The summed E-state index contributed by atoms with van der Waals surface area (Å²) >= 11 is 0. The topological polar surface area (TPSA) is 91.6 Å². The lowest BCUT2D eigenvalue weighted by Gasteiger charge is -2.30. The van der Waals surface area contributed by atoms with E-state index in [2.05, 4.69) is 53.3 Å². The van der Waals surface area contributed by atoms with Gasteiger partial charge in [0.15, 0.2) is 0 Å². The Morgan fingerprint density at radius 2 is 1.86 bits per heavy atom. The number of nitrogens with two attached hydrogens (primary N) is 1. The molecule has 1 saturated heterocycles. The third kappa shape index (κ3) is 6.67. The van der Waals surface area contributed by atoms with Gasteiger partial charge in [-0.2, -0.15) is 0 Å². The van der Waals surface area contributed by atoms with E-state index in [1.54, 1.807) is 29.4 Å². The fraction of sp³-hybridized carbons (Fsp3) is 0.536. The first kappa shape index (κ1) is 25.3. The van der Waals surface area contributed by atoms with Crippen LogP contribution in [0.1, 0.15) is 61.9 Å². The van der Waals surface area contributed by atoms with E-state index in [-0.39, 0.29) is 29.9 Å². The van der Waals surface area contributed by atoms with Crippen LogP contribution in [-0.4, -0.2) is 63.9 Å². The van der Waals surface area contributed by atoms with Crippen LogP contribution in [0.15, 0.2) is 54.9 Å². The number of nitrogens with zero attached hydrogens (tertiary/aromatic N) is 3. The summed E-state index contributed by atoms with van der Waals surface area (Å²) in [7, 11) is 0. The standard InChI is InChI=1S/C28H39N5O2/c1-20(2)17-32(18-21-7-4-3-5-8-21)25-15-26(27(34)31-24-12-10-23(29)11-13-24)33(19-25)28(35)22-9-6-14-30-16-22/h3-9,14,16,20,23-26H,10-13,15,17-19,29H2,1-2H3,(H,31,34). The van der Waals surface area contributed by atoms with Crippen LogP contribution >= 0.6 is 0 Å². The van der Waals surface area contributed by atoms with Gasteiger partial charge in [-0.05, 0) is 55.7 Å². The minimum Gasteiger partial charge on any atom is -0.352 e. The fourth-order valence-corrected chi connectivity index (χ4v) is 5.40. The van der Waals surface area contributed by atoms with Gasteiger partial charge in [0.05, 0.1) is 5.56 Å². The Morgan fingerprint density at radius 3 is 2.51 bits per heavy atom. The van der Waals surface area contributed by atoms with Crippen LogP contribution in [0.3, 0.4) is 0 Å². The molecule has 7 heteroatoms. The van der Waals surface area contributed by atoms with E-state index in [4.69, 9.17) is 5.73 Å². The van der Waals surface area contributed by atoms with Crippen molar-refractivity contribution in [3.05, 3.63) is 66.0 Å². The molecule has 1 aliphatic carbocycles. The highest BCUT2D eigenvalue weighted by Gasteiger charge is 2.42. The molecular formula is C28H39N5O2. The zero-order chi connectivity index (χ0) is 24.8. The van der Waals surface area contributed by atoms with E-state index in [1.165, 1.54) is 5.56 Å². The van der Waals surface area contributed by atoms with Crippen molar-refractivity contribution in [2.24, 2.45) is 11.7 Å². The molecule has 2 atom stereocenters. The van der Waals surface area contributed by atoms with Crippen molar-refractivity contribution in [1.82, 2.24) is 20.1 Å². The minimum absolute atomic E-state index is 0.0468. The van der Waals surface area contributed by atoms with E-state index in [0.29, 0.717) is 24.4 Å². The summed E-state index contributed by atoms with van der Waals surface area (Å²) in [5.41, 5.74) is 7.82. The van der Waals surface area contributed by atoms with Gasteiger partial charge in [0, 0.05) is 50.2 Å². The van der Waals surface area contributed by atoms with Crippen LogP contribution < -0.4 is 11.1 Å². The number of hydrogen-bond acceptors (Lipinski definition) is 5. The van der Waals surface area contributed by atoms with Crippen molar-refractivity contribution in [1.29, 1.82) is 0 Å². The number of aromatic nitrogens is 1. The van der Waals surface area contributed by atoms with Gasteiger partial charge < -0.3 is 16.0 Å². The third-order valence-corrected chi connectivity index (χ3v) is 7.21. The van der Waals surface area contributed by atoms with E-state index < -0.39 is 6.04 Å². The Bertz CT molecular complexity index is 960. The Hall–Kier alpha value is -2.77. The van der Waals surface area contributed by atoms with Gasteiger partial charge in [-0.25, -0.2) is 0 Å². The van der Waals surface area contributed by atoms with E-state index in [0.717, 1.165) is 38.8 Å². The first-order valence-electron chi connectivity index (χ1n) is 13.0. The van der Waals surface area contributed by atoms with Gasteiger partial charge in [0.1, 0.15) is 6.04 Å². The van der Waals surface area contributed by atoms with Crippen LogP contribution in [0.25, 0.3) is 0 Å². The number of amides is 2. The van der Waals surface area contributed by atoms with Crippen molar-refractivity contribution in [2.75, 3.05) is 13.1 Å². The quantitative estimate of drug-likeness (QED) is 0.609. The second-order valence-electron chi connectivity index (χ2n) is 10.5. The van der Waals surface area contributed by atoms with Crippen LogP contribution in [0.5, 0.6) is 0 Å². The number of nitrogens with one attached hydrogen (secondary N) is 1. The molecule has 1 saturated carbocycles. The molecule has 1 aliphatic heterocycles. The molecule has 1 aromatic heterocycles. The molecule has 2 amide bonds. The molecule has 3 N–H and O–H groups in total. The maximum absolute atomic E-state index is 13.5. The van der Waals surface area contributed by atoms with Crippen LogP contribution in [-0.2, 0) is 11.3 Å². The molecule has 35 heavy (non-hydrogen) atoms. The molecule has 0 spiro atoms. The summed E-state index contributed by atoms with van der Waals surface area (Å²) in [6.45, 7) is 6.66. The normalized spacial score (nSPS) is 24.7. The van der Waals surface area contributed by atoms with Gasteiger partial charge in [-0.3, -0.25) is 19.5 Å². The Labute approximate surface area is 209 Å². The minimum atomic E-state index is -0.492. The molecule has 2 aliphatic rings. The van der Waals surface area contributed by atoms with Crippen molar-refractivity contribution in [3.63, 3.8) is 0 Å². The maximum atomic E-state index is 13.5. The summed E-state index contributed by atoms with van der Waals surface area (Å²) in [5.74, 6) is 0.297. The zero-order valence-corrected chi connectivity index (χ0v) is 21.0. The molecule has 0 radical (unpaired) electrons. The van der Waals surface area contributed by atoms with E-state index in [1.807, 2.05) is 6.07 Å². The molecule has 2 fully saturated rings. The highest BCUT2D eigenvalue weighted by Crippen LogP contribution is 2.27. The zero-order valence-electron chi connectivity index (χ0n) is 21.0. The number of pyridine rings is 1. The fourth-order valence-electron chi connectivity index (χ4n) is 5.40. The Balaban J connectivity index is 1.54. The summed E-state index contributed by atoms with van der Waals surface area (Å²) in [4.78, 5) is 35.4. The molecule has 0 bridgehead atoms. The predicted molar refractivity (Wildman–Crippen MR) is 138 cm³/mol. The van der Waals surface area contributed by atoms with Crippen LogP contribution in [0.2, 0.25) is 0 Å². The molecule has 4 rings (SSSR count). The Morgan fingerprint density at radius 1 is 1.11 bits per heavy atom. The van der Waals surface area contributed by atoms with Gasteiger partial charge in [-0.15, -0.1) is 0 Å². The smallest absolute Gasteiger partial charge is 0.256 e. The van der Waals surface area contributed by atoms with Crippen LogP contribution in [0, 0.1) is 5.92 Å². The van der Waals surface area contributed by atoms with Crippen molar-refractivity contribution < 1.29 is 9.59 Å². The van der Waals surface area contributed by atoms with Gasteiger partial charge in [-0.1, -0.05) is 44.2 Å². The van der Waals surface area contributed by atoms with Gasteiger partial charge in [0.2, 0.25) is 5.91 Å². The lowest BCUT2D eigenvalue weighted by atomic mass is 9.91. The number of carbonyl (C=O) groups excluding carboxylic acids is 2. The molecule has 1 aromatic carbocycles. The first-order valence-corrected chi connectivity index (χ1v) is 13.0. The van der Waals surface area contributed by atoms with Gasteiger partial charge >= 0.3 is 0 Å². The lowest BCUT2D eigenvalue weighted by molar-refractivity contribution is -0.125. The molecule has 2 unspecified atom stereocenters. The predicted octanol–water partition coefficient (Wildman–Crippen LogP) is 3.21. The highest BCUT2D eigenvalue weighted by atomic mass is 16.2. The first-order chi connectivity index (χ1) is 16.9. The average Bonchev–Trinajstić information content (AvgIpc) is 3.31. The summed E-state index contributed by atoms with van der Waals surface area (Å²) in [5, 5.41) is 3.25. The molecule has 2 aromatic rings. The molecule has 188 valence electrons. The summed E-state index contributed by atoms with van der Waals surface area (Å²) < 4.78 is 0. The van der Waals surface area contributed by atoms with Crippen molar-refractivity contribution in [2.45, 2.75) is 76.7 Å². The number of benzene rings is 1. The number of likely N-dealkylation sites (tertiary alicyclic amines) is 1. The SMILES string of the molecule is CC(C)CN(Cc1ccccc1)C1CC(C(=O)NC2CCC(N)CC2)N(C(=O)c2cccnc2)C1. The van der Waals surface area contributed by atoms with Crippen LogP contribution in [0.4, 0.5) is 0 Å². The molecule has 2 heterocycles. The second kappa shape index (κ2) is 11.8. The number of rotatable bonds is 8. The monoisotopic (exact) mass is 477 g/mol. The van der Waals surface area contributed by atoms with E-state index >= 15 is 0 Å². The second-order valence-corrected chi connectivity index (χ2v) is 10.5. The maximum Gasteiger partial charge on any atom is 0.256 e. The van der Waals surface area contributed by atoms with Crippen molar-refractivity contribution in [3.8, 4) is 0 Å². The largest absolute Gasteiger partial charge is 0.352 e. The lowest BCUT2D eigenvalue weighted by Crippen LogP contribution is -2.50. The number of carbonyl (C=O) groups is 2. The molecule has 7 nitrogen and oxygen atoms in total. The number of hydrogen-bond donors (Lipinski definition) is 2. The Kier molecular flexibility index (Phi) is 8.52. The van der Waals surface area contributed by atoms with Gasteiger partial charge in [0.25, 0.3) is 5.91 Å². The van der Waals surface area contributed by atoms with E-state index in [9.17, 15) is 9.59 Å². The molecular weight excluding hydrogens is 438 g/mol. The average molecular weight is 478 g/mol. The van der Waals surface area contributed by atoms with Crippen molar-refractivity contribution >= 4 is 11.8 Å². The highest BCUT2D eigenvalue weighted by molar-refractivity contribution is 5.97. The summed E-state index contributed by atoms with van der Waals surface area (Å²) in [6, 6.07) is 13.9. The third-order valence-electron chi connectivity index (χ3n) is 7.21.